The molecule has 12 heterocycles. The van der Waals surface area contributed by atoms with Gasteiger partial charge in [-0.2, -0.15) is 0 Å². The van der Waals surface area contributed by atoms with E-state index < -0.39 is 0 Å². The Labute approximate surface area is 462 Å². The van der Waals surface area contributed by atoms with E-state index in [0.29, 0.717) is 0 Å². The second-order valence-electron chi connectivity index (χ2n) is 15.0. The summed E-state index contributed by atoms with van der Waals surface area (Å²) in [5, 5.41) is 14.0. The number of rotatable bonds is 1. The molecule has 0 saturated carbocycles. The molecule has 402 valence electrons. The lowest BCUT2D eigenvalue weighted by atomic mass is 10.2. The molecule has 0 aliphatic heterocycles. The Balaban J connectivity index is 0.000000420. The summed E-state index contributed by atoms with van der Waals surface area (Å²) < 4.78 is 31.9. The highest BCUT2D eigenvalue weighted by atomic mass is 32.1. The summed E-state index contributed by atoms with van der Waals surface area (Å²) >= 11 is 10.2. The minimum atomic E-state index is 0.988. The van der Waals surface area contributed by atoms with Gasteiger partial charge in [0.1, 0.15) is 5.76 Å². The molecule has 73 heavy (non-hydrogen) atoms. The minimum absolute atomic E-state index is 0.988. The monoisotopic (exact) mass is 1110 g/mol. The molecule has 0 radical (unpaired) electrons. The van der Waals surface area contributed by atoms with E-state index in [9.17, 15) is 0 Å². The van der Waals surface area contributed by atoms with Crippen molar-refractivity contribution in [2.75, 3.05) is 0 Å². The molecule has 0 N–H and O–H groups in total. The standard InChI is InChI=1S/C9H10OS.5C8H8OS.6C2H6/c1-5-4-10-9-8(5)6(2)7(3)11-9;1-5-4-9-8-7(5)3-6(2)10-8;2*1-5-3-9-8-7(5)6(2)4-10-8;1-5-6(2)10-8-7(5)3-4-9-8;1-2-7-5-6-3-4-10-8(6)9-7;6*1-2/h4H,1-3H3;4*3-4H,1-2H3;3-5H,2H2,1H3;6*1-2H3. The average molecular weight is 1110 g/mol. The van der Waals surface area contributed by atoms with E-state index in [1.54, 1.807) is 80.5 Å². The molecular formula is C61H86O6S6. The molecule has 0 unspecified atom stereocenters. The van der Waals surface area contributed by atoms with Crippen LogP contribution in [-0.4, -0.2) is 0 Å². The Morgan fingerprint density at radius 2 is 0.849 bits per heavy atom. The molecule has 0 aromatic carbocycles. The van der Waals surface area contributed by atoms with Crippen molar-refractivity contribution in [3.63, 3.8) is 0 Å². The average Bonchev–Trinajstić information content (AvgIpc) is 4.26. The number of aryl methyl sites for hydroxylation is 12. The SMILES string of the molecule is CC.CC.CC.CC.CC.CC.CCc1cc2ccsc2o1.Cc1cc2c(C)coc2s1.Cc1coc2scc(C)c12.Cc1coc2scc(C)c12.Cc1sc2occ(C)c2c1C.Cc1sc2occc2c1C. The second kappa shape index (κ2) is 34.8. The molecule has 0 amide bonds. The van der Waals surface area contributed by atoms with Crippen LogP contribution in [-0.2, 0) is 6.42 Å². The molecule has 0 atom stereocenters. The van der Waals surface area contributed by atoms with Crippen molar-refractivity contribution in [1.29, 1.82) is 0 Å². The zero-order chi connectivity index (χ0) is 55.5. The van der Waals surface area contributed by atoms with Crippen molar-refractivity contribution in [3.8, 4) is 0 Å². The molecule has 0 fully saturated rings. The van der Waals surface area contributed by atoms with Gasteiger partial charge in [-0.05, 0) is 161 Å². The fourth-order valence-electron chi connectivity index (χ4n) is 6.81. The van der Waals surface area contributed by atoms with E-state index in [1.165, 1.54) is 91.5 Å². The predicted octanol–water partition coefficient (Wildman–Crippen LogP) is 25.1. The lowest BCUT2D eigenvalue weighted by Crippen LogP contribution is -1.70. The Hall–Kier alpha value is -4.56. The molecule has 12 aromatic rings. The van der Waals surface area contributed by atoms with Gasteiger partial charge in [-0.15, -0.1) is 68.0 Å². The van der Waals surface area contributed by atoms with Gasteiger partial charge in [-0.25, -0.2) is 0 Å². The van der Waals surface area contributed by atoms with Gasteiger partial charge in [0.2, 0.25) is 0 Å². The summed E-state index contributed by atoms with van der Waals surface area (Å²) in [5.74, 6) is 1.09. The smallest absolute Gasteiger partial charge is 0.188 e. The first-order chi connectivity index (χ1) is 35.2. The van der Waals surface area contributed by atoms with Crippen molar-refractivity contribution in [2.45, 2.75) is 173 Å². The number of hydrogen-bond acceptors (Lipinski definition) is 12. The number of furan rings is 6. The van der Waals surface area contributed by atoms with Crippen LogP contribution in [0.5, 0.6) is 0 Å². The van der Waals surface area contributed by atoms with E-state index in [2.05, 4.69) is 112 Å². The van der Waals surface area contributed by atoms with Gasteiger partial charge in [0.05, 0.1) is 31.3 Å². The molecule has 12 rings (SSSR count). The Morgan fingerprint density at radius 1 is 0.397 bits per heavy atom. The molecule has 0 aliphatic carbocycles. The minimum Gasteiger partial charge on any atom is -0.454 e. The Kier molecular flexibility index (Phi) is 31.7. The van der Waals surface area contributed by atoms with Crippen molar-refractivity contribution in [2.24, 2.45) is 0 Å². The van der Waals surface area contributed by atoms with Gasteiger partial charge in [0.15, 0.2) is 29.4 Å². The van der Waals surface area contributed by atoms with E-state index in [4.69, 9.17) is 26.5 Å². The first-order valence-corrected chi connectivity index (χ1v) is 30.9. The molecule has 0 spiro atoms. The van der Waals surface area contributed by atoms with E-state index in [-0.39, 0.29) is 0 Å². The number of hydrogen-bond donors (Lipinski definition) is 0. The van der Waals surface area contributed by atoms with E-state index >= 15 is 0 Å². The van der Waals surface area contributed by atoms with Crippen LogP contribution in [0.3, 0.4) is 0 Å². The maximum atomic E-state index is 5.48. The quantitative estimate of drug-likeness (QED) is 0.163. The maximum Gasteiger partial charge on any atom is 0.188 e. The van der Waals surface area contributed by atoms with Gasteiger partial charge in [0.25, 0.3) is 0 Å². The van der Waals surface area contributed by atoms with Crippen molar-refractivity contribution in [1.82, 2.24) is 0 Å². The molecule has 0 saturated heterocycles. The lowest BCUT2D eigenvalue weighted by molar-refractivity contribution is 0.563. The molecule has 12 heteroatoms. The zero-order valence-electron chi connectivity index (χ0n) is 48.5. The van der Waals surface area contributed by atoms with Gasteiger partial charge < -0.3 is 26.5 Å². The van der Waals surface area contributed by atoms with Crippen LogP contribution in [0, 0.1) is 76.2 Å². The van der Waals surface area contributed by atoms with Gasteiger partial charge in [0, 0.05) is 53.4 Å². The summed E-state index contributed by atoms with van der Waals surface area (Å²) in [6, 6.07) is 8.38. The highest BCUT2D eigenvalue weighted by Crippen LogP contribution is 2.35. The highest BCUT2D eigenvalue weighted by Gasteiger charge is 2.11. The van der Waals surface area contributed by atoms with Crippen LogP contribution in [0.4, 0.5) is 0 Å². The maximum absolute atomic E-state index is 5.48. The highest BCUT2D eigenvalue weighted by molar-refractivity contribution is 7.19. The number of fused-ring (bicyclic) bond motifs is 6. The zero-order valence-corrected chi connectivity index (χ0v) is 53.4. The predicted molar refractivity (Wildman–Crippen MR) is 334 cm³/mol. The van der Waals surface area contributed by atoms with Crippen LogP contribution in [0.25, 0.3) is 61.7 Å². The van der Waals surface area contributed by atoms with Gasteiger partial charge in [-0.3, -0.25) is 0 Å². The third kappa shape index (κ3) is 17.8. The number of thiophene rings is 6. The third-order valence-corrected chi connectivity index (χ3v) is 16.3. The molecular weight excluding hydrogens is 1020 g/mol. The lowest BCUT2D eigenvalue weighted by Gasteiger charge is -1.87. The fraction of sp³-hybridized carbons (Fsp3) is 0.410. The molecule has 0 bridgehead atoms. The second-order valence-corrected chi connectivity index (χ2v) is 21.1. The fourth-order valence-corrected chi connectivity index (χ4v) is 12.4. The van der Waals surface area contributed by atoms with Gasteiger partial charge >= 0.3 is 0 Å². The summed E-state index contributed by atoms with van der Waals surface area (Å²) in [6.45, 7) is 49.3. The Bertz CT molecular complexity index is 3120. The van der Waals surface area contributed by atoms with Crippen LogP contribution < -0.4 is 0 Å². The van der Waals surface area contributed by atoms with Crippen LogP contribution in [0.15, 0.2) is 98.2 Å². The molecule has 6 nitrogen and oxygen atoms in total. The summed E-state index contributed by atoms with van der Waals surface area (Å²) in [7, 11) is 0. The summed E-state index contributed by atoms with van der Waals surface area (Å²) in [4.78, 5) is 10.4. The van der Waals surface area contributed by atoms with Crippen LogP contribution >= 0.6 is 68.0 Å². The van der Waals surface area contributed by atoms with E-state index in [1.807, 2.05) is 113 Å². The molecule has 0 aliphatic rings. The van der Waals surface area contributed by atoms with Gasteiger partial charge in [-0.1, -0.05) is 90.0 Å². The summed E-state index contributed by atoms with van der Waals surface area (Å²) in [5.41, 5.74) is 10.4. The first-order valence-electron chi connectivity index (χ1n) is 25.8. The first kappa shape index (κ1) is 66.5. The van der Waals surface area contributed by atoms with Crippen molar-refractivity contribution in [3.05, 3.63) is 137 Å². The summed E-state index contributed by atoms with van der Waals surface area (Å²) in [6.07, 6.45) is 9.99. The Morgan fingerprint density at radius 3 is 1.32 bits per heavy atom. The third-order valence-electron chi connectivity index (χ3n) is 10.4. The van der Waals surface area contributed by atoms with E-state index in [0.717, 1.165) is 41.6 Å². The van der Waals surface area contributed by atoms with Crippen LogP contribution in [0.2, 0.25) is 0 Å². The topological polar surface area (TPSA) is 78.8 Å². The van der Waals surface area contributed by atoms with Crippen LogP contribution in [0.1, 0.15) is 155 Å². The normalized spacial score (nSPS) is 9.70. The largest absolute Gasteiger partial charge is 0.454 e. The van der Waals surface area contributed by atoms with Crippen molar-refractivity contribution >= 4 is 130 Å². The van der Waals surface area contributed by atoms with Crippen molar-refractivity contribution < 1.29 is 26.5 Å². The molecule has 12 aromatic heterocycles.